The first-order valence-electron chi connectivity index (χ1n) is 12.0. The fraction of sp³-hybridized carbons (Fsp3) is 0.333. The minimum absolute atomic E-state index is 0.0138. The van der Waals surface area contributed by atoms with Crippen LogP contribution in [0.15, 0.2) is 54.1 Å². The summed E-state index contributed by atoms with van der Waals surface area (Å²) in [5.41, 5.74) is 1.02. The van der Waals surface area contributed by atoms with Crippen LogP contribution < -0.4 is 14.4 Å². The highest BCUT2D eigenvalue weighted by Gasteiger charge is 2.48. The number of Topliss-reactive ketones (excluding diaryl/α,β-unsaturated/α-hetero) is 1. The average molecular weight is 508 g/mol. The van der Waals surface area contributed by atoms with Crippen molar-refractivity contribution in [2.75, 3.05) is 18.1 Å². The first kappa shape index (κ1) is 25.4. The van der Waals surface area contributed by atoms with Gasteiger partial charge in [0.25, 0.3) is 5.78 Å². The quantitative estimate of drug-likeness (QED) is 0.169. The lowest BCUT2D eigenvalue weighted by Gasteiger charge is -2.23. The summed E-state index contributed by atoms with van der Waals surface area (Å²) >= 11 is 1.21. The van der Waals surface area contributed by atoms with Crippen LogP contribution in [0.25, 0.3) is 5.76 Å². The summed E-state index contributed by atoms with van der Waals surface area (Å²) in [5.74, 6) is -0.544. The molecule has 0 bridgehead atoms. The molecule has 0 spiro atoms. The molecule has 0 saturated carbocycles. The fourth-order valence-electron chi connectivity index (χ4n) is 4.08. The van der Waals surface area contributed by atoms with Crippen molar-refractivity contribution < 1.29 is 24.2 Å². The Morgan fingerprint density at radius 1 is 1.03 bits per heavy atom. The monoisotopic (exact) mass is 507 g/mol. The van der Waals surface area contributed by atoms with E-state index in [4.69, 9.17) is 9.47 Å². The van der Waals surface area contributed by atoms with E-state index in [0.29, 0.717) is 46.0 Å². The van der Waals surface area contributed by atoms with Crippen molar-refractivity contribution in [3.8, 4) is 11.5 Å². The van der Waals surface area contributed by atoms with Crippen molar-refractivity contribution >= 4 is 33.9 Å². The molecular formula is C27H29N3O5S. The molecule has 0 aliphatic carbocycles. The molecule has 3 aromatic rings. The molecule has 1 atom stereocenters. The number of amides is 1. The lowest BCUT2D eigenvalue weighted by molar-refractivity contribution is -0.132. The van der Waals surface area contributed by atoms with Gasteiger partial charge in [-0.2, -0.15) is 0 Å². The molecule has 4 rings (SSSR count). The lowest BCUT2D eigenvalue weighted by atomic mass is 9.95. The number of hydrogen-bond donors (Lipinski definition) is 1. The van der Waals surface area contributed by atoms with Crippen LogP contribution in [0, 0.1) is 6.92 Å². The number of anilines is 1. The summed E-state index contributed by atoms with van der Waals surface area (Å²) < 4.78 is 11.4. The lowest BCUT2D eigenvalue weighted by Crippen LogP contribution is -2.29. The Labute approximate surface area is 214 Å². The molecule has 1 aliphatic rings. The average Bonchev–Trinajstić information content (AvgIpc) is 3.42. The number of carbonyl (C=O) groups is 2. The molecule has 1 aliphatic heterocycles. The van der Waals surface area contributed by atoms with E-state index in [1.807, 2.05) is 25.1 Å². The second-order valence-electron chi connectivity index (χ2n) is 8.36. The maximum absolute atomic E-state index is 13.3. The molecule has 36 heavy (non-hydrogen) atoms. The molecule has 1 N–H and O–H groups in total. The normalized spacial score (nSPS) is 17.0. The molecule has 0 radical (unpaired) electrons. The second-order valence-corrected chi connectivity index (χ2v) is 9.52. The number of aliphatic hydroxyl groups excluding tert-OH is 1. The van der Waals surface area contributed by atoms with E-state index >= 15 is 0 Å². The third kappa shape index (κ3) is 5.26. The van der Waals surface area contributed by atoms with E-state index in [1.165, 1.54) is 16.2 Å². The van der Waals surface area contributed by atoms with Gasteiger partial charge < -0.3 is 14.6 Å². The number of hydrogen-bond acceptors (Lipinski definition) is 8. The van der Waals surface area contributed by atoms with Gasteiger partial charge in [-0.05, 0) is 62.2 Å². The molecule has 1 fully saturated rings. The molecule has 2 heterocycles. The van der Waals surface area contributed by atoms with E-state index in [2.05, 4.69) is 17.1 Å². The van der Waals surface area contributed by atoms with Gasteiger partial charge in [-0.1, -0.05) is 43.2 Å². The van der Waals surface area contributed by atoms with E-state index in [1.54, 1.807) is 37.3 Å². The smallest absolute Gasteiger partial charge is 0.301 e. The molecule has 2 aromatic carbocycles. The van der Waals surface area contributed by atoms with Gasteiger partial charge in [0.1, 0.15) is 22.3 Å². The summed E-state index contributed by atoms with van der Waals surface area (Å²) in [6.45, 7) is 6.86. The predicted molar refractivity (Wildman–Crippen MR) is 139 cm³/mol. The standard InChI is InChI=1S/C27H29N3O5S/c1-4-6-7-15-35-21-10-8-9-19(16-21)23-22(24(31)18-11-13-20(14-12-18)34-5-2)25(32)26(33)30(23)27-29-28-17(3)36-27/h8-14,16,23,31H,4-7,15H2,1-3H3/b24-22+. The van der Waals surface area contributed by atoms with Crippen LogP contribution in [0.1, 0.15) is 55.3 Å². The van der Waals surface area contributed by atoms with E-state index in [-0.39, 0.29) is 11.3 Å². The van der Waals surface area contributed by atoms with Gasteiger partial charge in [0.05, 0.1) is 24.8 Å². The number of nitrogens with zero attached hydrogens (tertiary/aromatic N) is 3. The van der Waals surface area contributed by atoms with Gasteiger partial charge >= 0.3 is 5.91 Å². The predicted octanol–water partition coefficient (Wildman–Crippen LogP) is 5.44. The maximum atomic E-state index is 13.3. The van der Waals surface area contributed by atoms with Crippen LogP contribution in [-0.4, -0.2) is 40.2 Å². The zero-order chi connectivity index (χ0) is 25.7. The topological polar surface area (TPSA) is 102 Å². The number of ketones is 1. The number of unbranched alkanes of at least 4 members (excludes halogenated alkanes) is 2. The minimum atomic E-state index is -0.886. The number of rotatable bonds is 10. The highest BCUT2D eigenvalue weighted by molar-refractivity contribution is 7.15. The summed E-state index contributed by atoms with van der Waals surface area (Å²) in [7, 11) is 0. The molecule has 1 aromatic heterocycles. The summed E-state index contributed by atoms with van der Waals surface area (Å²) in [6.07, 6.45) is 3.09. The SMILES string of the molecule is CCCCCOc1cccc(C2/C(=C(\O)c3ccc(OCC)cc3)C(=O)C(=O)N2c2nnc(C)s2)c1. The molecule has 9 heteroatoms. The summed E-state index contributed by atoms with van der Waals surface area (Å²) in [5, 5.41) is 20.4. The first-order valence-corrected chi connectivity index (χ1v) is 12.8. The van der Waals surface area contributed by atoms with Crippen molar-refractivity contribution in [1.82, 2.24) is 10.2 Å². The highest BCUT2D eigenvalue weighted by Crippen LogP contribution is 2.43. The van der Waals surface area contributed by atoms with E-state index < -0.39 is 17.7 Å². The Morgan fingerprint density at radius 3 is 2.47 bits per heavy atom. The fourth-order valence-corrected chi connectivity index (χ4v) is 4.79. The third-order valence-corrected chi connectivity index (χ3v) is 6.63. The van der Waals surface area contributed by atoms with Crippen LogP contribution in [0.5, 0.6) is 11.5 Å². The van der Waals surface area contributed by atoms with Gasteiger partial charge in [-0.25, -0.2) is 0 Å². The number of aliphatic hydroxyl groups is 1. The largest absolute Gasteiger partial charge is 0.507 e. The Kier molecular flexibility index (Phi) is 8.00. The molecular weight excluding hydrogens is 478 g/mol. The van der Waals surface area contributed by atoms with Crippen LogP contribution in [-0.2, 0) is 9.59 Å². The van der Waals surface area contributed by atoms with Crippen molar-refractivity contribution in [3.63, 3.8) is 0 Å². The van der Waals surface area contributed by atoms with E-state index in [9.17, 15) is 14.7 Å². The van der Waals surface area contributed by atoms with E-state index in [0.717, 1.165) is 19.3 Å². The van der Waals surface area contributed by atoms with Gasteiger partial charge in [-0.15, -0.1) is 10.2 Å². The minimum Gasteiger partial charge on any atom is -0.507 e. The first-order chi connectivity index (χ1) is 17.4. The van der Waals surface area contributed by atoms with Crippen molar-refractivity contribution in [2.45, 2.75) is 46.1 Å². The number of ether oxygens (including phenoxy) is 2. The maximum Gasteiger partial charge on any atom is 0.301 e. The molecule has 1 unspecified atom stereocenters. The Morgan fingerprint density at radius 2 is 1.81 bits per heavy atom. The van der Waals surface area contributed by atoms with Crippen LogP contribution >= 0.6 is 11.3 Å². The summed E-state index contributed by atoms with van der Waals surface area (Å²) in [4.78, 5) is 27.8. The Bertz CT molecular complexity index is 1270. The molecule has 8 nitrogen and oxygen atoms in total. The van der Waals surface area contributed by atoms with Crippen molar-refractivity contribution in [3.05, 3.63) is 70.2 Å². The number of benzene rings is 2. The Hall–Kier alpha value is -3.72. The highest BCUT2D eigenvalue weighted by atomic mass is 32.1. The van der Waals surface area contributed by atoms with Crippen molar-refractivity contribution in [1.29, 1.82) is 0 Å². The van der Waals surface area contributed by atoms with Gasteiger partial charge in [0, 0.05) is 5.56 Å². The van der Waals surface area contributed by atoms with Crippen molar-refractivity contribution in [2.24, 2.45) is 0 Å². The van der Waals surface area contributed by atoms with Crippen LogP contribution in [0.4, 0.5) is 5.13 Å². The molecule has 188 valence electrons. The second kappa shape index (κ2) is 11.3. The van der Waals surface area contributed by atoms with Gasteiger partial charge in [-0.3, -0.25) is 14.5 Å². The van der Waals surface area contributed by atoms with Crippen LogP contribution in [0.2, 0.25) is 0 Å². The number of aromatic nitrogens is 2. The summed E-state index contributed by atoms with van der Waals surface area (Å²) in [6, 6.07) is 13.1. The number of carbonyl (C=O) groups excluding carboxylic acids is 2. The van der Waals surface area contributed by atoms with Crippen LogP contribution in [0.3, 0.4) is 0 Å². The zero-order valence-electron chi connectivity index (χ0n) is 20.6. The number of aryl methyl sites for hydroxylation is 1. The third-order valence-electron chi connectivity index (χ3n) is 5.80. The van der Waals surface area contributed by atoms with Gasteiger partial charge in [0.2, 0.25) is 5.13 Å². The molecule has 1 saturated heterocycles. The zero-order valence-corrected chi connectivity index (χ0v) is 21.4. The molecule has 1 amide bonds. The Balaban J connectivity index is 1.79. The van der Waals surface area contributed by atoms with Gasteiger partial charge in [0.15, 0.2) is 0 Å².